The minimum atomic E-state index is -3.89. The normalized spacial score (nSPS) is 12.0. The second kappa shape index (κ2) is 6.15. The first-order valence-corrected chi connectivity index (χ1v) is 7.44. The van der Waals surface area contributed by atoms with Crippen LogP contribution < -0.4 is 10.5 Å². The Morgan fingerprint density at radius 1 is 1.33 bits per heavy atom. The molecule has 4 nitrogen and oxygen atoms in total. The molecule has 0 spiro atoms. The van der Waals surface area contributed by atoms with Crippen LogP contribution in [0.2, 0.25) is 0 Å². The predicted octanol–water partition coefficient (Wildman–Crippen LogP) is 2.12. The van der Waals surface area contributed by atoms with Crippen LogP contribution in [0.25, 0.3) is 0 Å². The SMILES string of the molecule is CCC(CC)CNS(=O)(=O)c1c(N)cccc1F. The van der Waals surface area contributed by atoms with E-state index in [1.807, 2.05) is 13.8 Å². The minimum absolute atomic E-state index is 0.0768. The third-order valence-corrected chi connectivity index (χ3v) is 4.50. The lowest BCUT2D eigenvalue weighted by molar-refractivity contribution is 0.477. The molecule has 0 radical (unpaired) electrons. The molecule has 0 fully saturated rings. The lowest BCUT2D eigenvalue weighted by Gasteiger charge is -2.14. The predicted molar refractivity (Wildman–Crippen MR) is 70.1 cm³/mol. The molecular weight excluding hydrogens is 255 g/mol. The fourth-order valence-electron chi connectivity index (χ4n) is 1.69. The van der Waals surface area contributed by atoms with E-state index in [9.17, 15) is 12.8 Å². The van der Waals surface area contributed by atoms with Crippen LogP contribution >= 0.6 is 0 Å². The van der Waals surface area contributed by atoms with Gasteiger partial charge in [-0.05, 0) is 18.1 Å². The van der Waals surface area contributed by atoms with Crippen molar-refractivity contribution in [1.29, 1.82) is 0 Å². The number of sulfonamides is 1. The van der Waals surface area contributed by atoms with Gasteiger partial charge in [-0.15, -0.1) is 0 Å². The summed E-state index contributed by atoms with van der Waals surface area (Å²) in [6.45, 7) is 4.27. The van der Waals surface area contributed by atoms with Gasteiger partial charge in [-0.1, -0.05) is 32.8 Å². The van der Waals surface area contributed by atoms with Gasteiger partial charge in [-0.2, -0.15) is 0 Å². The van der Waals surface area contributed by atoms with E-state index < -0.39 is 20.7 Å². The van der Waals surface area contributed by atoms with Gasteiger partial charge >= 0.3 is 0 Å². The zero-order valence-electron chi connectivity index (χ0n) is 10.6. The first kappa shape index (κ1) is 14.9. The van der Waals surface area contributed by atoms with Gasteiger partial charge < -0.3 is 5.73 Å². The highest BCUT2D eigenvalue weighted by molar-refractivity contribution is 7.89. The number of rotatable bonds is 6. The molecule has 0 saturated heterocycles. The summed E-state index contributed by atoms with van der Waals surface area (Å²) in [6.07, 6.45) is 1.73. The van der Waals surface area contributed by atoms with Gasteiger partial charge in [0.15, 0.2) is 0 Å². The maximum Gasteiger partial charge on any atom is 0.245 e. The molecule has 0 heterocycles. The van der Waals surface area contributed by atoms with Crippen molar-refractivity contribution in [2.24, 2.45) is 5.92 Å². The van der Waals surface area contributed by atoms with Gasteiger partial charge in [-0.3, -0.25) is 0 Å². The number of hydrogen-bond donors (Lipinski definition) is 2. The number of benzene rings is 1. The summed E-state index contributed by atoms with van der Waals surface area (Å²) >= 11 is 0. The maximum atomic E-state index is 13.5. The molecule has 0 aliphatic rings. The van der Waals surface area contributed by atoms with E-state index in [-0.39, 0.29) is 11.6 Å². The molecule has 0 unspecified atom stereocenters. The first-order chi connectivity index (χ1) is 8.42. The zero-order valence-corrected chi connectivity index (χ0v) is 11.4. The number of nitrogen functional groups attached to an aromatic ring is 1. The lowest BCUT2D eigenvalue weighted by atomic mass is 10.0. The van der Waals surface area contributed by atoms with E-state index >= 15 is 0 Å². The average molecular weight is 274 g/mol. The van der Waals surface area contributed by atoms with E-state index in [1.165, 1.54) is 12.1 Å². The molecule has 6 heteroatoms. The molecule has 0 saturated carbocycles. The van der Waals surface area contributed by atoms with Crippen LogP contribution in [-0.4, -0.2) is 15.0 Å². The van der Waals surface area contributed by atoms with Crippen molar-refractivity contribution in [2.75, 3.05) is 12.3 Å². The van der Waals surface area contributed by atoms with Crippen molar-refractivity contribution in [3.8, 4) is 0 Å². The second-order valence-electron chi connectivity index (χ2n) is 4.19. The third-order valence-electron chi connectivity index (χ3n) is 2.98. The van der Waals surface area contributed by atoms with Crippen LogP contribution in [0.3, 0.4) is 0 Å². The summed E-state index contributed by atoms with van der Waals surface area (Å²) < 4.78 is 39.9. The molecule has 0 atom stereocenters. The summed E-state index contributed by atoms with van der Waals surface area (Å²) in [6, 6.07) is 3.83. The van der Waals surface area contributed by atoms with Crippen molar-refractivity contribution in [3.05, 3.63) is 24.0 Å². The number of anilines is 1. The zero-order chi connectivity index (χ0) is 13.8. The monoisotopic (exact) mass is 274 g/mol. The standard InChI is InChI=1S/C12H19FN2O2S/c1-3-9(4-2)8-15-18(16,17)12-10(13)6-5-7-11(12)14/h5-7,9,15H,3-4,8,14H2,1-2H3. The van der Waals surface area contributed by atoms with Crippen molar-refractivity contribution < 1.29 is 12.8 Å². The van der Waals surface area contributed by atoms with Gasteiger partial charge in [-0.25, -0.2) is 17.5 Å². The van der Waals surface area contributed by atoms with Gasteiger partial charge in [0.25, 0.3) is 0 Å². The summed E-state index contributed by atoms with van der Waals surface area (Å²) in [4.78, 5) is -0.462. The molecule has 0 bridgehead atoms. The molecule has 0 aliphatic carbocycles. The van der Waals surface area contributed by atoms with E-state index in [0.29, 0.717) is 6.54 Å². The van der Waals surface area contributed by atoms with E-state index in [2.05, 4.69) is 4.72 Å². The van der Waals surface area contributed by atoms with Crippen LogP contribution in [0.5, 0.6) is 0 Å². The second-order valence-corrected chi connectivity index (χ2v) is 5.90. The van der Waals surface area contributed by atoms with Crippen LogP contribution in [-0.2, 0) is 10.0 Å². The fraction of sp³-hybridized carbons (Fsp3) is 0.500. The highest BCUT2D eigenvalue weighted by atomic mass is 32.2. The van der Waals surface area contributed by atoms with Gasteiger partial charge in [0.05, 0.1) is 5.69 Å². The van der Waals surface area contributed by atoms with Crippen LogP contribution in [0.1, 0.15) is 26.7 Å². The molecule has 0 aromatic heterocycles. The van der Waals surface area contributed by atoms with Gasteiger partial charge in [0, 0.05) is 6.54 Å². The number of halogens is 1. The van der Waals surface area contributed by atoms with Crippen molar-refractivity contribution in [1.82, 2.24) is 4.72 Å². The highest BCUT2D eigenvalue weighted by Crippen LogP contribution is 2.21. The number of nitrogens with two attached hydrogens (primary N) is 1. The first-order valence-electron chi connectivity index (χ1n) is 5.96. The van der Waals surface area contributed by atoms with E-state index in [1.54, 1.807) is 0 Å². The van der Waals surface area contributed by atoms with Crippen molar-refractivity contribution >= 4 is 15.7 Å². The Balaban J connectivity index is 2.94. The van der Waals surface area contributed by atoms with E-state index in [4.69, 9.17) is 5.73 Å². The molecule has 1 aromatic carbocycles. The fourth-order valence-corrected chi connectivity index (χ4v) is 2.99. The number of nitrogens with one attached hydrogen (secondary N) is 1. The smallest absolute Gasteiger partial charge is 0.245 e. The van der Waals surface area contributed by atoms with Crippen molar-refractivity contribution in [2.45, 2.75) is 31.6 Å². The topological polar surface area (TPSA) is 72.2 Å². The van der Waals surface area contributed by atoms with Crippen molar-refractivity contribution in [3.63, 3.8) is 0 Å². The van der Waals surface area contributed by atoms with Crippen LogP contribution in [0, 0.1) is 11.7 Å². The Labute approximate surface area is 107 Å². The molecule has 1 aromatic rings. The quantitative estimate of drug-likeness (QED) is 0.780. The summed E-state index contributed by atoms with van der Waals surface area (Å²) in [5, 5.41) is 0. The molecular formula is C12H19FN2O2S. The van der Waals surface area contributed by atoms with Gasteiger partial charge in [0.2, 0.25) is 10.0 Å². The molecule has 0 amide bonds. The Hall–Kier alpha value is -1.14. The summed E-state index contributed by atoms with van der Waals surface area (Å²) in [7, 11) is -3.89. The minimum Gasteiger partial charge on any atom is -0.398 e. The summed E-state index contributed by atoms with van der Waals surface area (Å²) in [5.41, 5.74) is 5.44. The highest BCUT2D eigenvalue weighted by Gasteiger charge is 2.22. The Morgan fingerprint density at radius 3 is 2.44 bits per heavy atom. The van der Waals surface area contributed by atoms with Gasteiger partial charge in [0.1, 0.15) is 10.7 Å². The third kappa shape index (κ3) is 3.43. The lowest BCUT2D eigenvalue weighted by Crippen LogP contribution is -2.30. The summed E-state index contributed by atoms with van der Waals surface area (Å²) in [5.74, 6) is -0.584. The Bertz CT molecular complexity index is 479. The van der Waals surface area contributed by atoms with Crippen LogP contribution in [0.4, 0.5) is 10.1 Å². The molecule has 3 N–H and O–H groups in total. The Kier molecular flexibility index (Phi) is 5.10. The maximum absolute atomic E-state index is 13.5. The van der Waals surface area contributed by atoms with Crippen LogP contribution in [0.15, 0.2) is 23.1 Å². The molecule has 0 aliphatic heterocycles. The molecule has 18 heavy (non-hydrogen) atoms. The largest absolute Gasteiger partial charge is 0.398 e. The molecule has 1 rings (SSSR count). The Morgan fingerprint density at radius 2 is 1.94 bits per heavy atom. The number of hydrogen-bond acceptors (Lipinski definition) is 3. The van der Waals surface area contributed by atoms with E-state index in [0.717, 1.165) is 18.9 Å². The molecule has 102 valence electrons. The average Bonchev–Trinajstić information content (AvgIpc) is 2.29.